The van der Waals surface area contributed by atoms with Crippen LogP contribution in [0.25, 0.3) is 0 Å². The number of nitrogens with one attached hydrogen (secondary N) is 3. The predicted octanol–water partition coefficient (Wildman–Crippen LogP) is 2.77. The Morgan fingerprint density at radius 2 is 1.57 bits per heavy atom. The van der Waals surface area contributed by atoms with Crippen molar-refractivity contribution < 1.29 is 14.4 Å². The van der Waals surface area contributed by atoms with E-state index >= 15 is 0 Å². The quantitative estimate of drug-likeness (QED) is 0.673. The van der Waals surface area contributed by atoms with Crippen molar-refractivity contribution in [1.82, 2.24) is 16.2 Å². The first kappa shape index (κ1) is 21.2. The zero-order valence-electron chi connectivity index (χ0n) is 16.7. The second-order valence-electron chi connectivity index (χ2n) is 7.06. The van der Waals surface area contributed by atoms with Crippen molar-refractivity contribution in [3.05, 3.63) is 70.8 Å². The van der Waals surface area contributed by atoms with Crippen LogP contribution in [-0.4, -0.2) is 23.8 Å². The van der Waals surface area contributed by atoms with Gasteiger partial charge in [0, 0.05) is 11.1 Å². The Labute approximate surface area is 165 Å². The van der Waals surface area contributed by atoms with Crippen LogP contribution in [0.3, 0.4) is 0 Å². The summed E-state index contributed by atoms with van der Waals surface area (Å²) in [7, 11) is 0. The van der Waals surface area contributed by atoms with Crippen LogP contribution in [0.15, 0.2) is 48.5 Å². The summed E-state index contributed by atoms with van der Waals surface area (Å²) in [6.45, 7) is 7.58. The van der Waals surface area contributed by atoms with Crippen LogP contribution in [0.1, 0.15) is 52.6 Å². The number of hydrogen-bond acceptors (Lipinski definition) is 3. The van der Waals surface area contributed by atoms with Gasteiger partial charge in [0.1, 0.15) is 6.04 Å². The van der Waals surface area contributed by atoms with Gasteiger partial charge in [-0.3, -0.25) is 25.2 Å². The molecule has 0 bridgehead atoms. The van der Waals surface area contributed by atoms with Crippen molar-refractivity contribution >= 4 is 17.7 Å². The summed E-state index contributed by atoms with van der Waals surface area (Å²) in [5.41, 5.74) is 7.82. The fourth-order valence-electron chi connectivity index (χ4n) is 2.71. The fraction of sp³-hybridized carbons (Fsp3) is 0.318. The SMILES string of the molecule is CCc1ccc(C(=O)NNC(=O)[C@@H](NC(=O)c2cccc(C)c2)C(C)C)cc1. The Kier molecular flexibility index (Phi) is 7.32. The Morgan fingerprint density at radius 3 is 2.14 bits per heavy atom. The Balaban J connectivity index is 1.98. The molecule has 28 heavy (non-hydrogen) atoms. The van der Waals surface area contributed by atoms with Crippen LogP contribution in [0, 0.1) is 12.8 Å². The molecule has 0 aromatic heterocycles. The minimum Gasteiger partial charge on any atom is -0.340 e. The van der Waals surface area contributed by atoms with E-state index in [9.17, 15) is 14.4 Å². The number of hydrazine groups is 1. The molecule has 0 fully saturated rings. The highest BCUT2D eigenvalue weighted by Crippen LogP contribution is 2.08. The van der Waals surface area contributed by atoms with Gasteiger partial charge in [-0.2, -0.15) is 0 Å². The molecule has 2 aromatic carbocycles. The number of benzene rings is 2. The Hall–Kier alpha value is -3.15. The highest BCUT2D eigenvalue weighted by atomic mass is 16.2. The molecular weight excluding hydrogens is 354 g/mol. The zero-order valence-corrected chi connectivity index (χ0v) is 16.7. The lowest BCUT2D eigenvalue weighted by Gasteiger charge is -2.22. The lowest BCUT2D eigenvalue weighted by atomic mass is 10.0. The maximum atomic E-state index is 12.5. The maximum Gasteiger partial charge on any atom is 0.269 e. The van der Waals surface area contributed by atoms with Gasteiger partial charge in [0.05, 0.1) is 0 Å². The summed E-state index contributed by atoms with van der Waals surface area (Å²) in [6, 6.07) is 13.5. The van der Waals surface area contributed by atoms with Crippen LogP contribution in [0.4, 0.5) is 0 Å². The largest absolute Gasteiger partial charge is 0.340 e. The van der Waals surface area contributed by atoms with Crippen molar-refractivity contribution in [3.63, 3.8) is 0 Å². The van der Waals surface area contributed by atoms with Crippen molar-refractivity contribution in [1.29, 1.82) is 0 Å². The van der Waals surface area contributed by atoms with Crippen molar-refractivity contribution in [2.45, 2.75) is 40.2 Å². The molecule has 148 valence electrons. The van der Waals surface area contributed by atoms with Crippen LogP contribution >= 0.6 is 0 Å². The predicted molar refractivity (Wildman–Crippen MR) is 109 cm³/mol. The molecule has 6 heteroatoms. The van der Waals surface area contributed by atoms with E-state index in [2.05, 4.69) is 16.2 Å². The lowest BCUT2D eigenvalue weighted by molar-refractivity contribution is -0.124. The Bertz CT molecular complexity index is 844. The van der Waals surface area contributed by atoms with Crippen LogP contribution < -0.4 is 16.2 Å². The molecule has 0 heterocycles. The summed E-state index contributed by atoms with van der Waals surface area (Å²) in [6.07, 6.45) is 0.884. The molecule has 2 aromatic rings. The monoisotopic (exact) mass is 381 g/mol. The van der Waals surface area contributed by atoms with Gasteiger partial charge in [0.2, 0.25) is 0 Å². The standard InChI is InChI=1S/C22H27N3O3/c1-5-16-9-11-17(12-10-16)21(27)24-25-22(28)19(14(2)3)23-20(26)18-8-6-7-15(4)13-18/h6-14,19H,5H2,1-4H3,(H,23,26)(H,24,27)(H,25,28)/t19-/m0/s1. The minimum absolute atomic E-state index is 0.158. The fourth-order valence-corrected chi connectivity index (χ4v) is 2.71. The van der Waals surface area contributed by atoms with Gasteiger partial charge in [-0.05, 0) is 49.1 Å². The molecule has 0 spiro atoms. The van der Waals surface area contributed by atoms with E-state index in [0.29, 0.717) is 11.1 Å². The summed E-state index contributed by atoms with van der Waals surface area (Å²) in [5.74, 6) is -1.38. The van der Waals surface area contributed by atoms with E-state index in [1.54, 1.807) is 30.3 Å². The summed E-state index contributed by atoms with van der Waals surface area (Å²) < 4.78 is 0. The highest BCUT2D eigenvalue weighted by molar-refractivity contribution is 5.99. The first-order valence-electron chi connectivity index (χ1n) is 9.38. The molecule has 6 nitrogen and oxygen atoms in total. The van der Waals surface area contributed by atoms with Gasteiger partial charge < -0.3 is 5.32 Å². The van der Waals surface area contributed by atoms with Gasteiger partial charge in [0.15, 0.2) is 0 Å². The van der Waals surface area contributed by atoms with Gasteiger partial charge in [0.25, 0.3) is 17.7 Å². The average molecular weight is 381 g/mol. The van der Waals surface area contributed by atoms with Crippen molar-refractivity contribution in [2.75, 3.05) is 0 Å². The van der Waals surface area contributed by atoms with E-state index in [4.69, 9.17) is 0 Å². The minimum atomic E-state index is -0.782. The molecule has 0 radical (unpaired) electrons. The average Bonchev–Trinajstić information content (AvgIpc) is 2.69. The molecule has 2 rings (SSSR count). The topological polar surface area (TPSA) is 87.3 Å². The van der Waals surface area contributed by atoms with Crippen molar-refractivity contribution in [2.24, 2.45) is 5.92 Å². The number of rotatable bonds is 6. The zero-order chi connectivity index (χ0) is 20.7. The van der Waals surface area contributed by atoms with E-state index in [1.165, 1.54) is 0 Å². The molecule has 0 aliphatic heterocycles. The van der Waals surface area contributed by atoms with Crippen LogP contribution in [-0.2, 0) is 11.2 Å². The molecule has 0 aliphatic rings. The number of hydrogen-bond donors (Lipinski definition) is 3. The molecule has 1 atom stereocenters. The third-order valence-electron chi connectivity index (χ3n) is 4.44. The highest BCUT2D eigenvalue weighted by Gasteiger charge is 2.25. The Morgan fingerprint density at radius 1 is 0.893 bits per heavy atom. The van der Waals surface area contributed by atoms with E-state index < -0.39 is 17.9 Å². The maximum absolute atomic E-state index is 12.5. The molecule has 3 N–H and O–H groups in total. The van der Waals surface area contributed by atoms with Crippen LogP contribution in [0.2, 0.25) is 0 Å². The molecule has 0 unspecified atom stereocenters. The number of aryl methyl sites for hydroxylation is 2. The van der Waals surface area contributed by atoms with E-state index in [0.717, 1.165) is 17.5 Å². The van der Waals surface area contributed by atoms with E-state index in [-0.39, 0.29) is 11.8 Å². The molecular formula is C22H27N3O3. The normalized spacial score (nSPS) is 11.6. The molecule has 0 saturated carbocycles. The molecule has 3 amide bonds. The summed E-state index contributed by atoms with van der Waals surface area (Å²) in [4.78, 5) is 37.2. The van der Waals surface area contributed by atoms with Crippen molar-refractivity contribution in [3.8, 4) is 0 Å². The van der Waals surface area contributed by atoms with Crippen LogP contribution in [0.5, 0.6) is 0 Å². The van der Waals surface area contributed by atoms with Gasteiger partial charge >= 0.3 is 0 Å². The number of amides is 3. The number of carbonyl (C=O) groups is 3. The van der Waals surface area contributed by atoms with Gasteiger partial charge in [-0.15, -0.1) is 0 Å². The van der Waals surface area contributed by atoms with Gasteiger partial charge in [-0.1, -0.05) is 50.6 Å². The first-order chi connectivity index (χ1) is 13.3. The third-order valence-corrected chi connectivity index (χ3v) is 4.44. The summed E-state index contributed by atoms with van der Waals surface area (Å²) >= 11 is 0. The molecule has 0 saturated heterocycles. The second kappa shape index (κ2) is 9.69. The smallest absolute Gasteiger partial charge is 0.269 e. The van der Waals surface area contributed by atoms with E-state index in [1.807, 2.05) is 45.9 Å². The third kappa shape index (κ3) is 5.67. The lowest BCUT2D eigenvalue weighted by Crippen LogP contribution is -2.54. The first-order valence-corrected chi connectivity index (χ1v) is 9.38. The summed E-state index contributed by atoms with van der Waals surface area (Å²) in [5, 5.41) is 2.74. The second-order valence-corrected chi connectivity index (χ2v) is 7.06. The number of carbonyl (C=O) groups excluding carboxylic acids is 3. The van der Waals surface area contributed by atoms with Gasteiger partial charge in [-0.25, -0.2) is 0 Å². The molecule has 0 aliphatic carbocycles.